The van der Waals surface area contributed by atoms with E-state index in [9.17, 15) is 4.79 Å². The van der Waals surface area contributed by atoms with E-state index >= 15 is 0 Å². The van der Waals surface area contributed by atoms with Gasteiger partial charge in [-0.3, -0.25) is 4.79 Å². The van der Waals surface area contributed by atoms with Gasteiger partial charge in [-0.1, -0.05) is 6.08 Å². The van der Waals surface area contributed by atoms with Crippen LogP contribution < -0.4 is 0 Å². The molecule has 76 valence electrons. The molecule has 0 spiro atoms. The third-order valence-electron chi connectivity index (χ3n) is 1.54. The van der Waals surface area contributed by atoms with Gasteiger partial charge in [0.15, 0.2) is 0 Å². The lowest BCUT2D eigenvalue weighted by Gasteiger charge is -2.11. The molecule has 0 aromatic heterocycles. The largest absolute Gasteiger partial charge is 0.481 e. The van der Waals surface area contributed by atoms with Crippen molar-refractivity contribution in [2.45, 2.75) is 25.4 Å². The number of rotatable bonds is 8. The quantitative estimate of drug-likeness (QED) is 0.462. The Morgan fingerprint density at radius 1 is 1.69 bits per heavy atom. The number of ether oxygens (including phenoxy) is 2. The molecule has 0 saturated carbocycles. The minimum Gasteiger partial charge on any atom is -0.481 e. The molecular weight excluding hydrogens is 172 g/mol. The molecule has 4 heteroatoms. The zero-order chi connectivity index (χ0) is 10.1. The van der Waals surface area contributed by atoms with Crippen LogP contribution in [0.3, 0.4) is 0 Å². The summed E-state index contributed by atoms with van der Waals surface area (Å²) in [6, 6.07) is 0. The van der Waals surface area contributed by atoms with Gasteiger partial charge >= 0.3 is 5.97 Å². The van der Waals surface area contributed by atoms with Crippen LogP contribution in [0.1, 0.15) is 19.3 Å². The molecule has 0 heterocycles. The molecule has 0 bridgehead atoms. The molecule has 4 nitrogen and oxygen atoms in total. The smallest absolute Gasteiger partial charge is 0.303 e. The van der Waals surface area contributed by atoms with E-state index in [1.807, 2.05) is 0 Å². The Kier molecular flexibility index (Phi) is 7.24. The van der Waals surface area contributed by atoms with Gasteiger partial charge in [0, 0.05) is 13.5 Å². The second-order valence-electron chi connectivity index (χ2n) is 2.63. The number of carboxylic acid groups (broad SMARTS) is 1. The highest BCUT2D eigenvalue weighted by atomic mass is 16.7. The summed E-state index contributed by atoms with van der Waals surface area (Å²) in [5.74, 6) is -0.783. The zero-order valence-corrected chi connectivity index (χ0v) is 7.86. The molecule has 0 aromatic rings. The highest BCUT2D eigenvalue weighted by Crippen LogP contribution is 2.05. The SMILES string of the molecule is C=C[C@H](CCCC(=O)O)OCOC. The minimum atomic E-state index is -0.783. The van der Waals surface area contributed by atoms with Gasteiger partial charge < -0.3 is 14.6 Å². The molecule has 0 aromatic carbocycles. The van der Waals surface area contributed by atoms with E-state index < -0.39 is 5.97 Å². The van der Waals surface area contributed by atoms with Crippen molar-refractivity contribution < 1.29 is 19.4 Å². The number of methoxy groups -OCH3 is 1. The summed E-state index contributed by atoms with van der Waals surface area (Å²) in [6.45, 7) is 3.80. The molecule has 0 radical (unpaired) electrons. The van der Waals surface area contributed by atoms with E-state index in [0.29, 0.717) is 12.8 Å². The first-order valence-electron chi connectivity index (χ1n) is 4.15. The van der Waals surface area contributed by atoms with Crippen LogP contribution in [0.4, 0.5) is 0 Å². The third-order valence-corrected chi connectivity index (χ3v) is 1.54. The average molecular weight is 188 g/mol. The molecule has 0 saturated heterocycles. The first-order valence-corrected chi connectivity index (χ1v) is 4.15. The Bertz CT molecular complexity index is 156. The van der Waals surface area contributed by atoms with Gasteiger partial charge in [0.2, 0.25) is 0 Å². The summed E-state index contributed by atoms with van der Waals surface area (Å²) in [7, 11) is 1.54. The number of carbonyl (C=O) groups is 1. The predicted molar refractivity (Wildman–Crippen MR) is 48.4 cm³/mol. The van der Waals surface area contributed by atoms with Crippen molar-refractivity contribution in [3.63, 3.8) is 0 Å². The maximum atomic E-state index is 10.2. The fraction of sp³-hybridized carbons (Fsp3) is 0.667. The van der Waals surface area contributed by atoms with Crippen LogP contribution in [0.5, 0.6) is 0 Å². The highest BCUT2D eigenvalue weighted by molar-refractivity contribution is 5.66. The predicted octanol–water partition coefficient (Wildman–Crippen LogP) is 1.42. The van der Waals surface area contributed by atoms with Gasteiger partial charge in [-0.25, -0.2) is 0 Å². The second-order valence-corrected chi connectivity index (χ2v) is 2.63. The van der Waals surface area contributed by atoms with Gasteiger partial charge in [0.25, 0.3) is 0 Å². The van der Waals surface area contributed by atoms with Crippen LogP contribution >= 0.6 is 0 Å². The van der Waals surface area contributed by atoms with E-state index in [1.165, 1.54) is 7.11 Å². The minimum absolute atomic E-state index is 0.112. The lowest BCUT2D eigenvalue weighted by atomic mass is 10.1. The molecule has 13 heavy (non-hydrogen) atoms. The van der Waals surface area contributed by atoms with Gasteiger partial charge in [-0.15, -0.1) is 6.58 Å². The van der Waals surface area contributed by atoms with Gasteiger partial charge in [-0.2, -0.15) is 0 Å². The maximum absolute atomic E-state index is 10.2. The summed E-state index contributed by atoms with van der Waals surface area (Å²) < 4.78 is 9.90. The zero-order valence-electron chi connectivity index (χ0n) is 7.86. The molecule has 0 aliphatic heterocycles. The van der Waals surface area contributed by atoms with Crippen molar-refractivity contribution in [3.05, 3.63) is 12.7 Å². The Morgan fingerprint density at radius 2 is 2.38 bits per heavy atom. The lowest BCUT2D eigenvalue weighted by molar-refractivity contribution is -0.137. The van der Waals surface area contributed by atoms with Crippen LogP contribution in [0.15, 0.2) is 12.7 Å². The fourth-order valence-electron chi connectivity index (χ4n) is 0.879. The first kappa shape index (κ1) is 12.1. The summed E-state index contributed by atoms with van der Waals surface area (Å²) in [5.41, 5.74) is 0. The summed E-state index contributed by atoms with van der Waals surface area (Å²) in [6.07, 6.45) is 2.97. The topological polar surface area (TPSA) is 55.8 Å². The van der Waals surface area contributed by atoms with Crippen LogP contribution in [0, 0.1) is 0 Å². The second kappa shape index (κ2) is 7.76. The molecule has 0 rings (SSSR count). The first-order chi connectivity index (χ1) is 6.20. The van der Waals surface area contributed by atoms with Crippen molar-refractivity contribution in [2.24, 2.45) is 0 Å². The molecule has 1 N–H and O–H groups in total. The van der Waals surface area contributed by atoms with Gasteiger partial charge in [0.1, 0.15) is 6.79 Å². The molecule has 0 unspecified atom stereocenters. The molecule has 0 aliphatic carbocycles. The van der Waals surface area contributed by atoms with E-state index in [2.05, 4.69) is 6.58 Å². The van der Waals surface area contributed by atoms with Crippen molar-refractivity contribution in [1.82, 2.24) is 0 Å². The lowest BCUT2D eigenvalue weighted by Crippen LogP contribution is -2.12. The van der Waals surface area contributed by atoms with E-state index in [0.717, 1.165) is 0 Å². The molecule has 1 atom stereocenters. The standard InChI is InChI=1S/C9H16O4/c1-3-8(13-7-12-2)5-4-6-9(10)11/h3,8H,1,4-7H2,2H3,(H,10,11)/t8-/m1/s1. The summed E-state index contributed by atoms with van der Waals surface area (Å²) >= 11 is 0. The fourth-order valence-corrected chi connectivity index (χ4v) is 0.879. The van der Waals surface area contributed by atoms with E-state index in [4.69, 9.17) is 14.6 Å². The normalized spacial score (nSPS) is 12.4. The Balaban J connectivity index is 3.47. The van der Waals surface area contributed by atoms with Crippen molar-refractivity contribution in [2.75, 3.05) is 13.9 Å². The third kappa shape index (κ3) is 7.49. The number of hydrogen-bond donors (Lipinski definition) is 1. The van der Waals surface area contributed by atoms with Gasteiger partial charge in [-0.05, 0) is 12.8 Å². The highest BCUT2D eigenvalue weighted by Gasteiger charge is 2.05. The Labute approximate surface area is 78.2 Å². The van der Waals surface area contributed by atoms with Crippen LogP contribution in [0.25, 0.3) is 0 Å². The number of carboxylic acids is 1. The van der Waals surface area contributed by atoms with Crippen LogP contribution in [-0.2, 0) is 14.3 Å². The molecule has 0 aliphatic rings. The van der Waals surface area contributed by atoms with Crippen molar-refractivity contribution in [3.8, 4) is 0 Å². The summed E-state index contributed by atoms with van der Waals surface area (Å²) in [5, 5.41) is 8.38. The maximum Gasteiger partial charge on any atom is 0.303 e. The van der Waals surface area contributed by atoms with Crippen molar-refractivity contribution in [1.29, 1.82) is 0 Å². The van der Waals surface area contributed by atoms with Crippen molar-refractivity contribution >= 4 is 5.97 Å². The molecular formula is C9H16O4. The molecule has 0 fully saturated rings. The van der Waals surface area contributed by atoms with Crippen LogP contribution in [-0.4, -0.2) is 31.1 Å². The summed E-state index contributed by atoms with van der Waals surface area (Å²) in [4.78, 5) is 10.2. The number of hydrogen-bond acceptors (Lipinski definition) is 3. The Morgan fingerprint density at radius 3 is 2.85 bits per heavy atom. The Hall–Kier alpha value is -0.870. The van der Waals surface area contributed by atoms with E-state index in [1.54, 1.807) is 6.08 Å². The monoisotopic (exact) mass is 188 g/mol. The van der Waals surface area contributed by atoms with Gasteiger partial charge in [0.05, 0.1) is 6.10 Å². The van der Waals surface area contributed by atoms with Crippen LogP contribution in [0.2, 0.25) is 0 Å². The average Bonchev–Trinajstić information content (AvgIpc) is 2.10. The molecule has 0 amide bonds. The van der Waals surface area contributed by atoms with E-state index in [-0.39, 0.29) is 19.3 Å². The number of aliphatic carboxylic acids is 1.